The maximum Gasteiger partial charge on any atom is 0.231 e. The highest BCUT2D eigenvalue weighted by molar-refractivity contribution is 7.16. The Morgan fingerprint density at radius 2 is 2.07 bits per heavy atom. The van der Waals surface area contributed by atoms with E-state index < -0.39 is 0 Å². The van der Waals surface area contributed by atoms with Gasteiger partial charge in [0.1, 0.15) is 5.75 Å². The molecule has 1 aromatic heterocycles. The second-order valence-electron chi connectivity index (χ2n) is 7.46. The maximum absolute atomic E-state index is 12.6. The van der Waals surface area contributed by atoms with Crippen molar-refractivity contribution < 1.29 is 14.3 Å². The molecular formula is C21H27N3O3S. The number of nitrogens with one attached hydrogen (secondary N) is 1. The van der Waals surface area contributed by atoms with E-state index in [0.29, 0.717) is 30.7 Å². The van der Waals surface area contributed by atoms with E-state index >= 15 is 0 Å². The largest absolute Gasteiger partial charge is 0.494 e. The number of amides is 2. The summed E-state index contributed by atoms with van der Waals surface area (Å²) < 4.78 is 5.48. The highest BCUT2D eigenvalue weighted by Crippen LogP contribution is 2.32. The summed E-state index contributed by atoms with van der Waals surface area (Å²) in [5.41, 5.74) is 1.84. The molecule has 2 aromatic rings. The van der Waals surface area contributed by atoms with Crippen molar-refractivity contribution >= 4 is 28.3 Å². The number of carbonyl (C=O) groups is 2. The number of likely N-dealkylation sites (tertiary alicyclic amines) is 1. The average Bonchev–Trinajstić information content (AvgIpc) is 3.18. The van der Waals surface area contributed by atoms with Crippen LogP contribution in [0.5, 0.6) is 5.75 Å². The Kier molecular flexibility index (Phi) is 6.34. The third-order valence-corrected chi connectivity index (χ3v) is 5.52. The summed E-state index contributed by atoms with van der Waals surface area (Å²) in [6, 6.07) is 7.78. The molecule has 1 N–H and O–H groups in total. The van der Waals surface area contributed by atoms with Gasteiger partial charge >= 0.3 is 0 Å². The van der Waals surface area contributed by atoms with E-state index in [2.05, 4.69) is 24.1 Å². The van der Waals surface area contributed by atoms with Gasteiger partial charge in [0.25, 0.3) is 0 Å². The molecule has 2 heterocycles. The molecule has 0 radical (unpaired) electrons. The molecule has 1 unspecified atom stereocenters. The molecule has 1 aromatic carbocycles. The number of ether oxygens (including phenoxy) is 1. The monoisotopic (exact) mass is 401 g/mol. The first-order valence-corrected chi connectivity index (χ1v) is 10.5. The van der Waals surface area contributed by atoms with E-state index in [1.54, 1.807) is 4.90 Å². The summed E-state index contributed by atoms with van der Waals surface area (Å²) in [6.45, 7) is 9.89. The van der Waals surface area contributed by atoms with Gasteiger partial charge in [-0.15, -0.1) is 11.3 Å². The van der Waals surface area contributed by atoms with Crippen LogP contribution in [-0.4, -0.2) is 41.4 Å². The third kappa shape index (κ3) is 4.70. The lowest BCUT2D eigenvalue weighted by Gasteiger charge is -2.18. The topological polar surface area (TPSA) is 71.5 Å². The Morgan fingerprint density at radius 3 is 2.71 bits per heavy atom. The first-order valence-electron chi connectivity index (χ1n) is 9.66. The van der Waals surface area contributed by atoms with Crippen molar-refractivity contribution in [3.05, 3.63) is 29.1 Å². The van der Waals surface area contributed by atoms with Crippen LogP contribution in [0.3, 0.4) is 0 Å². The van der Waals surface area contributed by atoms with Gasteiger partial charge in [0, 0.05) is 30.0 Å². The Labute approximate surface area is 169 Å². The fourth-order valence-corrected chi connectivity index (χ4v) is 4.20. The van der Waals surface area contributed by atoms with E-state index in [1.807, 2.05) is 38.1 Å². The molecule has 2 amide bonds. The van der Waals surface area contributed by atoms with Gasteiger partial charge in [-0.05, 0) is 44.0 Å². The van der Waals surface area contributed by atoms with E-state index in [9.17, 15) is 9.59 Å². The molecule has 1 saturated heterocycles. The van der Waals surface area contributed by atoms with Crippen molar-refractivity contribution in [3.8, 4) is 17.0 Å². The number of rotatable bonds is 7. The highest BCUT2D eigenvalue weighted by Gasteiger charge is 2.34. The van der Waals surface area contributed by atoms with Crippen molar-refractivity contribution in [2.24, 2.45) is 11.8 Å². The number of hydrogen-bond acceptors (Lipinski definition) is 5. The Hall–Kier alpha value is -2.41. The molecule has 150 valence electrons. The first kappa shape index (κ1) is 20.3. The van der Waals surface area contributed by atoms with E-state index in [0.717, 1.165) is 21.9 Å². The quantitative estimate of drug-likeness (QED) is 0.762. The van der Waals surface area contributed by atoms with E-state index in [-0.39, 0.29) is 24.2 Å². The number of hydrogen-bond donors (Lipinski definition) is 1. The van der Waals surface area contributed by atoms with Crippen LogP contribution >= 0.6 is 11.3 Å². The van der Waals surface area contributed by atoms with Gasteiger partial charge in [-0.3, -0.25) is 9.59 Å². The first-order chi connectivity index (χ1) is 13.4. The number of carbonyl (C=O) groups excluding carboxylic acids is 2. The lowest BCUT2D eigenvalue weighted by Crippen LogP contribution is -2.31. The summed E-state index contributed by atoms with van der Waals surface area (Å²) in [7, 11) is 0. The van der Waals surface area contributed by atoms with Gasteiger partial charge in [-0.2, -0.15) is 0 Å². The number of aromatic nitrogens is 1. The summed E-state index contributed by atoms with van der Waals surface area (Å²) in [5.74, 6) is 0.823. The molecule has 28 heavy (non-hydrogen) atoms. The molecule has 3 rings (SSSR count). The molecule has 6 nitrogen and oxygen atoms in total. The van der Waals surface area contributed by atoms with Crippen LogP contribution < -0.4 is 10.1 Å². The van der Waals surface area contributed by atoms with Crippen LogP contribution in [0.1, 0.15) is 32.1 Å². The average molecular weight is 402 g/mol. The molecule has 1 atom stereocenters. The van der Waals surface area contributed by atoms with Crippen molar-refractivity contribution in [3.63, 3.8) is 0 Å². The van der Waals surface area contributed by atoms with Gasteiger partial charge in [-0.25, -0.2) is 4.98 Å². The van der Waals surface area contributed by atoms with Crippen molar-refractivity contribution in [1.82, 2.24) is 9.88 Å². The summed E-state index contributed by atoms with van der Waals surface area (Å²) >= 11 is 1.45. The lowest BCUT2D eigenvalue weighted by atomic mass is 10.1. The van der Waals surface area contributed by atoms with Gasteiger partial charge in [0.15, 0.2) is 5.13 Å². The molecule has 0 aliphatic carbocycles. The van der Waals surface area contributed by atoms with Gasteiger partial charge in [-0.1, -0.05) is 13.8 Å². The van der Waals surface area contributed by atoms with Gasteiger partial charge < -0.3 is 15.0 Å². The van der Waals surface area contributed by atoms with Crippen LogP contribution in [0.2, 0.25) is 0 Å². The summed E-state index contributed by atoms with van der Waals surface area (Å²) in [5, 5.41) is 3.48. The van der Waals surface area contributed by atoms with Crippen molar-refractivity contribution in [2.75, 3.05) is 25.0 Å². The van der Waals surface area contributed by atoms with Crippen LogP contribution in [0.15, 0.2) is 24.3 Å². The third-order valence-electron chi connectivity index (χ3n) is 4.64. The Bertz CT molecular complexity index is 845. The zero-order chi connectivity index (χ0) is 20.3. The maximum atomic E-state index is 12.6. The molecule has 1 fully saturated rings. The minimum absolute atomic E-state index is 0.0549. The summed E-state index contributed by atoms with van der Waals surface area (Å²) in [4.78, 5) is 32.2. The summed E-state index contributed by atoms with van der Waals surface area (Å²) in [6.07, 6.45) is 0.272. The van der Waals surface area contributed by atoms with Crippen LogP contribution in [0, 0.1) is 18.8 Å². The molecular weight excluding hydrogens is 374 g/mol. The number of thiazole rings is 1. The van der Waals surface area contributed by atoms with E-state index in [1.165, 1.54) is 11.3 Å². The molecule has 1 aliphatic heterocycles. The molecule has 0 saturated carbocycles. The molecule has 7 heteroatoms. The molecule has 1 aliphatic rings. The van der Waals surface area contributed by atoms with Gasteiger partial charge in [0.05, 0.1) is 18.2 Å². The van der Waals surface area contributed by atoms with Crippen LogP contribution in [-0.2, 0) is 9.59 Å². The number of anilines is 1. The Morgan fingerprint density at radius 1 is 1.36 bits per heavy atom. The van der Waals surface area contributed by atoms with Crippen molar-refractivity contribution in [2.45, 2.75) is 34.1 Å². The second-order valence-corrected chi connectivity index (χ2v) is 8.67. The van der Waals surface area contributed by atoms with E-state index in [4.69, 9.17) is 4.74 Å². The smallest absolute Gasteiger partial charge is 0.231 e. The van der Waals surface area contributed by atoms with Crippen LogP contribution in [0.25, 0.3) is 11.3 Å². The number of nitrogens with zero attached hydrogens (tertiary/aromatic N) is 2. The predicted molar refractivity (Wildman–Crippen MR) is 112 cm³/mol. The number of benzene rings is 1. The fraction of sp³-hybridized carbons (Fsp3) is 0.476. The van der Waals surface area contributed by atoms with Crippen molar-refractivity contribution in [1.29, 1.82) is 0 Å². The zero-order valence-electron chi connectivity index (χ0n) is 16.8. The second kappa shape index (κ2) is 8.73. The lowest BCUT2D eigenvalue weighted by molar-refractivity contribution is -0.128. The standard InChI is InChI=1S/C21H27N3O3S/c1-5-27-17-8-6-15(7-9-17)19-14(4)28-21(22-19)23-20(26)16-10-18(25)24(12-16)11-13(2)3/h6-9,13,16H,5,10-12H2,1-4H3,(H,22,23,26). The molecule has 0 bridgehead atoms. The predicted octanol–water partition coefficient (Wildman–Crippen LogP) is 3.96. The van der Waals surface area contributed by atoms with Gasteiger partial charge in [0.2, 0.25) is 11.8 Å². The Balaban J connectivity index is 1.66. The molecule has 0 spiro atoms. The normalized spacial score (nSPS) is 16.7. The number of aryl methyl sites for hydroxylation is 1. The minimum Gasteiger partial charge on any atom is -0.494 e. The minimum atomic E-state index is -0.315. The SMILES string of the molecule is CCOc1ccc(-c2nc(NC(=O)C3CC(=O)N(CC(C)C)C3)sc2C)cc1. The zero-order valence-corrected chi connectivity index (χ0v) is 17.6. The fourth-order valence-electron chi connectivity index (χ4n) is 3.37. The van der Waals surface area contributed by atoms with Crippen LogP contribution in [0.4, 0.5) is 5.13 Å². The highest BCUT2D eigenvalue weighted by atomic mass is 32.1.